The zero-order valence-corrected chi connectivity index (χ0v) is 13.0. The van der Waals surface area contributed by atoms with Gasteiger partial charge in [-0.2, -0.15) is 4.98 Å². The number of rotatable bonds is 5. The van der Waals surface area contributed by atoms with Crippen LogP contribution in [0.1, 0.15) is 17.6 Å². The van der Waals surface area contributed by atoms with E-state index in [1.165, 1.54) is 4.88 Å². The van der Waals surface area contributed by atoms with Crippen LogP contribution in [-0.4, -0.2) is 16.0 Å². The monoisotopic (exact) mass is 322 g/mol. The smallest absolute Gasteiger partial charge is 0.224 e. The summed E-state index contributed by atoms with van der Waals surface area (Å²) in [5, 5.41) is 3.48. The fourth-order valence-corrected chi connectivity index (χ4v) is 3.45. The first-order chi connectivity index (χ1) is 10.1. The number of thiophene rings is 1. The molecule has 0 aliphatic carbocycles. The molecule has 0 spiro atoms. The van der Waals surface area contributed by atoms with Gasteiger partial charge in [0.25, 0.3) is 0 Å². The lowest BCUT2D eigenvalue weighted by Gasteiger charge is -2.04. The van der Waals surface area contributed by atoms with Crippen molar-refractivity contribution >= 4 is 39.0 Å². The number of nitrogens with two attached hydrogens (primary N) is 1. The third-order valence-corrected chi connectivity index (χ3v) is 4.25. The first-order valence-corrected chi connectivity index (χ1v) is 7.79. The molecule has 3 N–H and O–H groups in total. The van der Waals surface area contributed by atoms with Crippen LogP contribution < -0.4 is 11.1 Å². The molecule has 7 heteroatoms. The molecule has 0 saturated carbocycles. The molecule has 3 heterocycles. The molecule has 0 bridgehead atoms. The van der Waals surface area contributed by atoms with E-state index in [0.29, 0.717) is 6.54 Å². The maximum absolute atomic E-state index is 5.99. The summed E-state index contributed by atoms with van der Waals surface area (Å²) in [6.45, 7) is 2.54. The molecule has 5 nitrogen and oxygen atoms in total. The van der Waals surface area contributed by atoms with Crippen molar-refractivity contribution < 1.29 is 4.42 Å². The molecule has 0 saturated heterocycles. The molecule has 0 radical (unpaired) electrons. The molecule has 1 atom stereocenters. The highest BCUT2D eigenvalue weighted by atomic mass is 35.5. The predicted octanol–water partition coefficient (Wildman–Crippen LogP) is 3.44. The molecule has 3 aromatic rings. The van der Waals surface area contributed by atoms with Crippen molar-refractivity contribution in [1.82, 2.24) is 9.97 Å². The van der Waals surface area contributed by atoms with Gasteiger partial charge in [-0.25, -0.2) is 4.98 Å². The predicted molar refractivity (Wildman–Crippen MR) is 85.8 cm³/mol. The fourth-order valence-electron chi connectivity index (χ4n) is 2.07. The number of halogens is 1. The SMILES string of the molecule is C[C@H](N)Cc1cc2nc(Cl)nc(NCc3ccco3)c2s1. The van der Waals surface area contributed by atoms with Gasteiger partial charge in [-0.1, -0.05) is 0 Å². The molecule has 3 rings (SSSR count). The summed E-state index contributed by atoms with van der Waals surface area (Å²) in [6.07, 6.45) is 2.46. The number of furan rings is 1. The Labute approximate surface area is 131 Å². The molecule has 0 fully saturated rings. The first-order valence-electron chi connectivity index (χ1n) is 6.59. The van der Waals surface area contributed by atoms with E-state index >= 15 is 0 Å². The van der Waals surface area contributed by atoms with Crippen LogP contribution in [0.3, 0.4) is 0 Å². The van der Waals surface area contributed by atoms with Gasteiger partial charge in [0.2, 0.25) is 5.28 Å². The number of nitrogens with one attached hydrogen (secondary N) is 1. The van der Waals surface area contributed by atoms with E-state index in [-0.39, 0.29) is 11.3 Å². The zero-order valence-electron chi connectivity index (χ0n) is 11.5. The molecule has 0 aromatic carbocycles. The van der Waals surface area contributed by atoms with E-state index in [9.17, 15) is 0 Å². The molecule has 110 valence electrons. The van der Waals surface area contributed by atoms with Crippen LogP contribution in [-0.2, 0) is 13.0 Å². The summed E-state index contributed by atoms with van der Waals surface area (Å²) < 4.78 is 6.29. The van der Waals surface area contributed by atoms with Gasteiger partial charge in [0.05, 0.1) is 23.0 Å². The summed E-state index contributed by atoms with van der Waals surface area (Å²) in [4.78, 5) is 9.72. The number of aromatic nitrogens is 2. The summed E-state index contributed by atoms with van der Waals surface area (Å²) in [5.41, 5.74) is 6.70. The molecule has 0 amide bonds. The number of hydrogen-bond donors (Lipinski definition) is 2. The Morgan fingerprint density at radius 2 is 2.33 bits per heavy atom. The average Bonchev–Trinajstić information content (AvgIpc) is 3.03. The van der Waals surface area contributed by atoms with Crippen LogP contribution in [0.4, 0.5) is 5.82 Å². The van der Waals surface area contributed by atoms with Crippen LogP contribution in [0.15, 0.2) is 28.9 Å². The number of anilines is 1. The van der Waals surface area contributed by atoms with Gasteiger partial charge < -0.3 is 15.5 Å². The normalized spacial score (nSPS) is 12.7. The van der Waals surface area contributed by atoms with E-state index in [4.69, 9.17) is 21.8 Å². The van der Waals surface area contributed by atoms with Crippen molar-refractivity contribution in [3.63, 3.8) is 0 Å². The molecule has 0 aliphatic rings. The molecule has 0 unspecified atom stereocenters. The Hall–Kier alpha value is -1.63. The van der Waals surface area contributed by atoms with Crippen LogP contribution in [0.5, 0.6) is 0 Å². The minimum atomic E-state index is 0.112. The van der Waals surface area contributed by atoms with Gasteiger partial charge in [-0.05, 0) is 43.1 Å². The van der Waals surface area contributed by atoms with E-state index in [1.807, 2.05) is 25.1 Å². The molecule has 0 aliphatic heterocycles. The quantitative estimate of drug-likeness (QED) is 0.704. The second kappa shape index (κ2) is 6.01. The zero-order chi connectivity index (χ0) is 14.8. The minimum Gasteiger partial charge on any atom is -0.467 e. The van der Waals surface area contributed by atoms with Gasteiger partial charge in [0.1, 0.15) is 11.6 Å². The molecule has 3 aromatic heterocycles. The molecular formula is C14H15ClN4OS. The van der Waals surface area contributed by atoms with Crippen molar-refractivity contribution in [2.24, 2.45) is 5.73 Å². The minimum absolute atomic E-state index is 0.112. The standard InChI is InChI=1S/C14H15ClN4OS/c1-8(16)5-10-6-11-12(21-10)13(19-14(15)18-11)17-7-9-3-2-4-20-9/h2-4,6,8H,5,7,16H2,1H3,(H,17,18,19)/t8-/m0/s1. The van der Waals surface area contributed by atoms with Crippen LogP contribution in [0.2, 0.25) is 5.28 Å². The van der Waals surface area contributed by atoms with E-state index < -0.39 is 0 Å². The second-order valence-corrected chi connectivity index (χ2v) is 6.36. The van der Waals surface area contributed by atoms with Crippen LogP contribution >= 0.6 is 22.9 Å². The Bertz CT molecular complexity index is 739. The Balaban J connectivity index is 1.90. The maximum Gasteiger partial charge on any atom is 0.224 e. The van der Waals surface area contributed by atoms with Crippen molar-refractivity contribution in [3.8, 4) is 0 Å². The van der Waals surface area contributed by atoms with Gasteiger partial charge >= 0.3 is 0 Å². The van der Waals surface area contributed by atoms with Crippen molar-refractivity contribution in [2.45, 2.75) is 25.9 Å². The first kappa shape index (κ1) is 14.3. The fraction of sp³-hybridized carbons (Fsp3) is 0.286. The Morgan fingerprint density at radius 1 is 1.48 bits per heavy atom. The summed E-state index contributed by atoms with van der Waals surface area (Å²) in [7, 11) is 0. The van der Waals surface area contributed by atoms with E-state index in [0.717, 1.165) is 28.2 Å². The van der Waals surface area contributed by atoms with Gasteiger partial charge in [0, 0.05) is 10.9 Å². The largest absolute Gasteiger partial charge is 0.467 e. The van der Waals surface area contributed by atoms with Crippen LogP contribution in [0.25, 0.3) is 10.2 Å². The molecular weight excluding hydrogens is 308 g/mol. The Morgan fingerprint density at radius 3 is 3.05 bits per heavy atom. The number of fused-ring (bicyclic) bond motifs is 1. The third kappa shape index (κ3) is 3.34. The maximum atomic E-state index is 5.99. The number of nitrogens with zero attached hydrogens (tertiary/aromatic N) is 2. The summed E-state index contributed by atoms with van der Waals surface area (Å²) in [6, 6.07) is 5.89. The lowest BCUT2D eigenvalue weighted by atomic mass is 10.2. The van der Waals surface area contributed by atoms with Gasteiger partial charge in [-0.3, -0.25) is 0 Å². The summed E-state index contributed by atoms with van der Waals surface area (Å²) >= 11 is 7.64. The van der Waals surface area contributed by atoms with Gasteiger partial charge in [-0.15, -0.1) is 11.3 Å². The second-order valence-electron chi connectivity index (χ2n) is 4.88. The highest BCUT2D eigenvalue weighted by Crippen LogP contribution is 2.31. The average molecular weight is 323 g/mol. The van der Waals surface area contributed by atoms with E-state index in [1.54, 1.807) is 17.6 Å². The topological polar surface area (TPSA) is 77.0 Å². The van der Waals surface area contributed by atoms with Gasteiger partial charge in [0.15, 0.2) is 0 Å². The highest BCUT2D eigenvalue weighted by Gasteiger charge is 2.12. The van der Waals surface area contributed by atoms with Crippen LogP contribution in [0, 0.1) is 0 Å². The van der Waals surface area contributed by atoms with Crippen molar-refractivity contribution in [3.05, 3.63) is 40.4 Å². The molecule has 21 heavy (non-hydrogen) atoms. The number of hydrogen-bond acceptors (Lipinski definition) is 6. The highest BCUT2D eigenvalue weighted by molar-refractivity contribution is 7.19. The summed E-state index contributed by atoms with van der Waals surface area (Å²) in [5.74, 6) is 1.56. The lowest BCUT2D eigenvalue weighted by Crippen LogP contribution is -2.16. The Kier molecular flexibility index (Phi) is 4.10. The van der Waals surface area contributed by atoms with Crippen molar-refractivity contribution in [1.29, 1.82) is 0 Å². The lowest BCUT2D eigenvalue weighted by molar-refractivity contribution is 0.518. The third-order valence-electron chi connectivity index (χ3n) is 2.93. The van der Waals surface area contributed by atoms with Crippen molar-refractivity contribution in [2.75, 3.05) is 5.32 Å². The van der Waals surface area contributed by atoms with E-state index in [2.05, 4.69) is 15.3 Å².